The van der Waals surface area contributed by atoms with Gasteiger partial charge in [-0.2, -0.15) is 0 Å². The zero-order valence-electron chi connectivity index (χ0n) is 34.0. The number of anilines is 5. The monoisotopic (exact) mass is 847 g/mol. The van der Waals surface area contributed by atoms with Crippen LogP contribution in [0.5, 0.6) is 28.7 Å². The molecule has 2 amide bonds. The lowest BCUT2D eigenvalue weighted by Crippen LogP contribution is -2.22. The maximum Gasteiger partial charge on any atom is 0.323 e. The first-order chi connectivity index (χ1) is 28.1. The minimum atomic E-state index is -3.65. The van der Waals surface area contributed by atoms with Crippen LogP contribution in [-0.4, -0.2) is 84.3 Å². The van der Waals surface area contributed by atoms with Crippen molar-refractivity contribution >= 4 is 73.1 Å². The summed E-state index contributed by atoms with van der Waals surface area (Å²) in [4.78, 5) is 29.2. The number of thioether (sulfide) groups is 1. The number of carbonyl (C=O) groups is 2. The molecule has 0 saturated heterocycles. The Morgan fingerprint density at radius 1 is 0.780 bits per heavy atom. The summed E-state index contributed by atoms with van der Waals surface area (Å²) in [5, 5.41) is 10.5. The van der Waals surface area contributed by atoms with Crippen molar-refractivity contribution in [1.29, 1.82) is 0 Å². The van der Waals surface area contributed by atoms with Crippen molar-refractivity contribution in [2.75, 3.05) is 79.6 Å². The van der Waals surface area contributed by atoms with E-state index in [2.05, 4.69) is 30.4 Å². The van der Waals surface area contributed by atoms with Gasteiger partial charge in [0.15, 0.2) is 5.75 Å². The van der Waals surface area contributed by atoms with Crippen LogP contribution in [0, 0.1) is 0 Å². The van der Waals surface area contributed by atoms with Crippen molar-refractivity contribution in [2.24, 2.45) is 0 Å². The summed E-state index contributed by atoms with van der Waals surface area (Å²) in [6.45, 7) is 7.11. The van der Waals surface area contributed by atoms with E-state index in [4.69, 9.17) is 23.7 Å². The molecule has 0 bridgehead atoms. The smallest absolute Gasteiger partial charge is 0.323 e. The Morgan fingerprint density at radius 2 is 1.51 bits per heavy atom. The first kappa shape index (κ1) is 44.2. The molecule has 0 fully saturated rings. The Labute approximate surface area is 348 Å². The number of benzene rings is 4. The van der Waals surface area contributed by atoms with Gasteiger partial charge in [-0.05, 0) is 41.3 Å². The van der Waals surface area contributed by atoms with Crippen LogP contribution >= 0.6 is 11.8 Å². The molecule has 0 aliphatic heterocycles. The van der Waals surface area contributed by atoms with Gasteiger partial charge in [0.05, 0.1) is 63.6 Å². The van der Waals surface area contributed by atoms with Crippen molar-refractivity contribution < 1.29 is 46.4 Å². The van der Waals surface area contributed by atoms with E-state index in [1.165, 1.54) is 26.0 Å². The number of nitrogens with one attached hydrogen (secondary N) is 4. The minimum absolute atomic E-state index is 0.168. The predicted octanol–water partition coefficient (Wildman–Crippen LogP) is 8.40. The number of fused-ring (bicyclic) bond motifs is 1. The van der Waals surface area contributed by atoms with Gasteiger partial charge in [0.25, 0.3) is 0 Å². The summed E-state index contributed by atoms with van der Waals surface area (Å²) in [6.07, 6.45) is 2.67. The molecule has 5 rings (SSSR count). The molecule has 1 heterocycles. The normalized spacial score (nSPS) is 11.4. The van der Waals surface area contributed by atoms with Gasteiger partial charge in [-0.15, -0.1) is 11.8 Å². The Hall–Kier alpha value is -5.91. The number of urea groups is 1. The number of hydrogen-bond donors (Lipinski definition) is 4. The molecule has 4 aromatic carbocycles. The molecule has 314 valence electrons. The molecule has 0 radical (unpaired) electrons. The highest BCUT2D eigenvalue weighted by Gasteiger charge is 2.23. The second-order valence-corrected chi connectivity index (χ2v) is 16.9. The topological polar surface area (TPSA) is 185 Å². The molecule has 0 spiro atoms. The van der Waals surface area contributed by atoms with Crippen LogP contribution in [0.3, 0.4) is 0 Å². The summed E-state index contributed by atoms with van der Waals surface area (Å²) in [5.74, 6) is 3.57. The molecule has 0 unspecified atom stereocenters. The van der Waals surface area contributed by atoms with Gasteiger partial charge in [-0.3, -0.25) is 9.52 Å². The van der Waals surface area contributed by atoms with Gasteiger partial charge in [0.2, 0.25) is 10.0 Å². The molecule has 59 heavy (non-hydrogen) atoms. The molecule has 17 heteroatoms. The highest BCUT2D eigenvalue weighted by atomic mass is 32.2. The summed E-state index contributed by atoms with van der Waals surface area (Å²) in [5.41, 5.74) is 2.10. The SMILES string of the molecule is COC(=O)CSCCOCCOc1cc(Nc2cc(Oc3ccc(NC(=O)Nc4cc(C(C)(C)C)cc(NS(C)(=O)=O)c4OC)c4ccccc34)ccn2)cc(OC)c1. The average molecular weight is 848 g/mol. The third-order valence-corrected chi connectivity index (χ3v) is 9.98. The standard InChI is InChI=1S/C42H49N5O10S2/c1-42(2,3)27-20-35(40(54-6)36(21-27)47-59(7,50)51)46-41(49)45-34-12-13-37(33-11-9-8-10-32(33)34)57-29-14-15-43-38(25-29)44-28-22-30(52-4)24-31(23-28)56-17-16-55-18-19-58-26-39(48)53-5/h8-15,20-25,47H,16-19,26H2,1-7H3,(H,43,44)(H2,45,46,49). The van der Waals surface area contributed by atoms with Crippen molar-refractivity contribution in [3.8, 4) is 28.7 Å². The van der Waals surface area contributed by atoms with Crippen molar-refractivity contribution in [3.05, 3.63) is 90.6 Å². The Balaban J connectivity index is 1.27. The molecular weight excluding hydrogens is 799 g/mol. The van der Waals surface area contributed by atoms with Crippen LogP contribution in [0.4, 0.5) is 33.4 Å². The zero-order chi connectivity index (χ0) is 42.6. The van der Waals surface area contributed by atoms with E-state index in [0.29, 0.717) is 76.8 Å². The number of ether oxygens (including phenoxy) is 6. The molecule has 0 aliphatic rings. The second-order valence-electron chi connectivity index (χ2n) is 14.1. The van der Waals surface area contributed by atoms with Crippen LogP contribution in [0.1, 0.15) is 26.3 Å². The predicted molar refractivity (Wildman–Crippen MR) is 233 cm³/mol. The molecule has 4 N–H and O–H groups in total. The minimum Gasteiger partial charge on any atom is -0.497 e. The number of aromatic nitrogens is 1. The van der Waals surface area contributed by atoms with E-state index < -0.39 is 16.1 Å². The summed E-state index contributed by atoms with van der Waals surface area (Å²) >= 11 is 1.44. The lowest BCUT2D eigenvalue weighted by atomic mass is 9.86. The molecular formula is C42H49N5O10S2. The highest BCUT2D eigenvalue weighted by molar-refractivity contribution is 7.99. The van der Waals surface area contributed by atoms with Gasteiger partial charge >= 0.3 is 12.0 Å². The van der Waals surface area contributed by atoms with Gasteiger partial charge in [0, 0.05) is 52.7 Å². The number of hydrogen-bond acceptors (Lipinski definition) is 13. The molecule has 5 aromatic rings. The van der Waals surface area contributed by atoms with Gasteiger partial charge in [-0.1, -0.05) is 45.0 Å². The van der Waals surface area contributed by atoms with Crippen LogP contribution < -0.4 is 39.6 Å². The first-order valence-corrected chi connectivity index (χ1v) is 21.5. The van der Waals surface area contributed by atoms with Crippen LogP contribution in [-0.2, 0) is 29.7 Å². The van der Waals surface area contributed by atoms with Crippen molar-refractivity contribution in [2.45, 2.75) is 26.2 Å². The van der Waals surface area contributed by atoms with Crippen molar-refractivity contribution in [3.63, 3.8) is 0 Å². The van der Waals surface area contributed by atoms with Crippen LogP contribution in [0.25, 0.3) is 10.8 Å². The average Bonchev–Trinajstić information content (AvgIpc) is 3.18. The number of sulfonamides is 1. The number of rotatable bonds is 19. The fourth-order valence-electron chi connectivity index (χ4n) is 5.71. The first-order valence-electron chi connectivity index (χ1n) is 18.4. The van der Waals surface area contributed by atoms with E-state index in [1.807, 2.05) is 57.2 Å². The lowest BCUT2D eigenvalue weighted by molar-refractivity contribution is -0.137. The van der Waals surface area contributed by atoms with Crippen LogP contribution in [0.15, 0.2) is 85.1 Å². The van der Waals surface area contributed by atoms with Gasteiger partial charge in [0.1, 0.15) is 35.4 Å². The molecule has 0 aliphatic carbocycles. The van der Waals surface area contributed by atoms with E-state index in [0.717, 1.165) is 17.2 Å². The van der Waals surface area contributed by atoms with Crippen LogP contribution in [0.2, 0.25) is 0 Å². The Kier molecular flexibility index (Phi) is 15.1. The molecule has 1 aromatic heterocycles. The molecule has 0 saturated carbocycles. The highest BCUT2D eigenvalue weighted by Crippen LogP contribution is 2.40. The lowest BCUT2D eigenvalue weighted by Gasteiger charge is -2.24. The molecule has 0 atom stereocenters. The Bertz CT molecular complexity index is 2370. The number of methoxy groups -OCH3 is 3. The van der Waals surface area contributed by atoms with E-state index in [-0.39, 0.29) is 28.6 Å². The summed E-state index contributed by atoms with van der Waals surface area (Å²) in [7, 11) is 0.695. The second kappa shape index (κ2) is 20.2. The largest absolute Gasteiger partial charge is 0.497 e. The zero-order valence-corrected chi connectivity index (χ0v) is 35.6. The fraction of sp³-hybridized carbons (Fsp3) is 0.310. The maximum atomic E-state index is 13.5. The maximum absolute atomic E-state index is 13.5. The molecule has 15 nitrogen and oxygen atoms in total. The van der Waals surface area contributed by atoms with E-state index in [9.17, 15) is 18.0 Å². The Morgan fingerprint density at radius 3 is 2.22 bits per heavy atom. The number of pyridine rings is 1. The third kappa shape index (κ3) is 13.0. The van der Waals surface area contributed by atoms with E-state index >= 15 is 0 Å². The summed E-state index contributed by atoms with van der Waals surface area (Å²) < 4.78 is 60.4. The number of carbonyl (C=O) groups excluding carboxylic acids is 2. The summed E-state index contributed by atoms with van der Waals surface area (Å²) in [6, 6.07) is 22.8. The van der Waals surface area contributed by atoms with Crippen molar-refractivity contribution in [1.82, 2.24) is 4.98 Å². The van der Waals surface area contributed by atoms with Gasteiger partial charge in [-0.25, -0.2) is 18.2 Å². The number of nitrogens with zero attached hydrogens (tertiary/aromatic N) is 1. The third-order valence-electron chi connectivity index (χ3n) is 8.50. The van der Waals surface area contributed by atoms with E-state index in [1.54, 1.807) is 55.8 Å². The number of esters is 1. The quantitative estimate of drug-likeness (QED) is 0.0459. The number of amides is 2. The fourth-order valence-corrected chi connectivity index (χ4v) is 6.93. The van der Waals surface area contributed by atoms with Gasteiger partial charge < -0.3 is 44.4 Å².